The van der Waals surface area contributed by atoms with Gasteiger partial charge in [0.05, 0.1) is 0 Å². The number of nitrogens with one attached hydrogen (secondary N) is 1. The number of pyridine rings is 1. The Morgan fingerprint density at radius 3 is 2.83 bits per heavy atom. The summed E-state index contributed by atoms with van der Waals surface area (Å²) in [5.74, 6) is 6.57. The Morgan fingerprint density at radius 1 is 1.56 bits per heavy atom. The first kappa shape index (κ1) is 12.8. The van der Waals surface area contributed by atoms with Crippen LogP contribution in [0.5, 0.6) is 0 Å². The third-order valence-corrected chi connectivity index (χ3v) is 3.45. The number of hydrogen-bond acceptors (Lipinski definition) is 4. The van der Waals surface area contributed by atoms with E-state index in [1.807, 2.05) is 14.0 Å². The largest absolute Gasteiger partial charge is 0.341 e. The number of carbonyl (C=O) groups is 1. The molecule has 98 valence electrons. The van der Waals surface area contributed by atoms with E-state index in [0.29, 0.717) is 17.3 Å². The van der Waals surface area contributed by atoms with Crippen LogP contribution in [0.3, 0.4) is 0 Å². The summed E-state index contributed by atoms with van der Waals surface area (Å²) in [6.45, 7) is 2.69. The summed E-state index contributed by atoms with van der Waals surface area (Å²) in [5.41, 5.74) is 3.90. The Bertz CT molecular complexity index is 443. The Kier molecular flexibility index (Phi) is 3.81. The lowest BCUT2D eigenvalue weighted by Crippen LogP contribution is -2.34. The van der Waals surface area contributed by atoms with Gasteiger partial charge in [-0.15, -0.1) is 0 Å². The first-order valence-corrected chi connectivity index (χ1v) is 6.31. The first-order chi connectivity index (χ1) is 8.60. The molecule has 0 aromatic carbocycles. The van der Waals surface area contributed by atoms with Gasteiger partial charge in [0.25, 0.3) is 5.91 Å². The number of rotatable bonds is 4. The molecule has 1 amide bonds. The molecule has 0 bridgehead atoms. The first-order valence-electron chi connectivity index (χ1n) is 6.31. The molecule has 0 unspecified atom stereocenters. The summed E-state index contributed by atoms with van der Waals surface area (Å²) in [4.78, 5) is 18.2. The molecule has 1 fully saturated rings. The highest BCUT2D eigenvalue weighted by Crippen LogP contribution is 2.27. The molecule has 5 heteroatoms. The van der Waals surface area contributed by atoms with E-state index in [4.69, 9.17) is 5.84 Å². The molecule has 0 atom stereocenters. The quantitative estimate of drug-likeness (QED) is 0.626. The van der Waals surface area contributed by atoms with Crippen LogP contribution in [0.25, 0.3) is 0 Å². The maximum absolute atomic E-state index is 12.3. The van der Waals surface area contributed by atoms with Gasteiger partial charge in [-0.3, -0.25) is 4.79 Å². The molecular weight excluding hydrogens is 228 g/mol. The molecule has 1 heterocycles. The molecule has 5 nitrogen and oxygen atoms in total. The molecule has 3 N–H and O–H groups in total. The second-order valence-corrected chi connectivity index (χ2v) is 5.01. The van der Waals surface area contributed by atoms with Crippen molar-refractivity contribution in [2.45, 2.75) is 26.2 Å². The zero-order valence-corrected chi connectivity index (χ0v) is 10.9. The Labute approximate surface area is 107 Å². The number of amides is 1. The van der Waals surface area contributed by atoms with Gasteiger partial charge in [0.2, 0.25) is 0 Å². The lowest BCUT2D eigenvalue weighted by Gasteiger charge is -2.30. The molecule has 2 rings (SSSR count). The summed E-state index contributed by atoms with van der Waals surface area (Å²) in [6.07, 6.45) is 3.77. The van der Waals surface area contributed by atoms with Gasteiger partial charge in [-0.2, -0.15) is 0 Å². The van der Waals surface area contributed by atoms with Gasteiger partial charge in [0.1, 0.15) is 5.82 Å². The zero-order chi connectivity index (χ0) is 13.1. The molecule has 18 heavy (non-hydrogen) atoms. The standard InChI is InChI=1S/C13H20N4O/c1-9-6-11(7-12(15-9)16-14)13(18)17(2)8-10-4-3-5-10/h6-7,10H,3-5,8,14H2,1-2H3,(H,15,16). The summed E-state index contributed by atoms with van der Waals surface area (Å²) >= 11 is 0. The third-order valence-electron chi connectivity index (χ3n) is 3.45. The van der Waals surface area contributed by atoms with Crippen LogP contribution in [0.1, 0.15) is 35.3 Å². The van der Waals surface area contributed by atoms with E-state index in [1.165, 1.54) is 19.3 Å². The van der Waals surface area contributed by atoms with Gasteiger partial charge in [-0.1, -0.05) is 6.42 Å². The fourth-order valence-corrected chi connectivity index (χ4v) is 2.23. The van der Waals surface area contributed by atoms with Gasteiger partial charge in [-0.05, 0) is 37.8 Å². The number of anilines is 1. The molecule has 1 aromatic rings. The average Bonchev–Trinajstić information content (AvgIpc) is 2.31. The summed E-state index contributed by atoms with van der Waals surface area (Å²) in [5, 5.41) is 0. The summed E-state index contributed by atoms with van der Waals surface area (Å²) < 4.78 is 0. The highest BCUT2D eigenvalue weighted by Gasteiger charge is 2.22. The zero-order valence-electron chi connectivity index (χ0n) is 10.9. The minimum atomic E-state index is 0.0314. The Balaban J connectivity index is 2.08. The predicted octanol–water partition coefficient (Wildman–Crippen LogP) is 1.55. The molecule has 0 aliphatic heterocycles. The number of carbonyl (C=O) groups excluding carboxylic acids is 1. The number of nitrogen functional groups attached to an aromatic ring is 1. The van der Waals surface area contributed by atoms with Crippen molar-refractivity contribution >= 4 is 11.7 Å². The van der Waals surface area contributed by atoms with Crippen LogP contribution in [0.15, 0.2) is 12.1 Å². The van der Waals surface area contributed by atoms with Crippen molar-refractivity contribution < 1.29 is 4.79 Å². The van der Waals surface area contributed by atoms with Crippen LogP contribution in [0.2, 0.25) is 0 Å². The number of aryl methyl sites for hydroxylation is 1. The van der Waals surface area contributed by atoms with E-state index in [9.17, 15) is 4.79 Å². The minimum absolute atomic E-state index is 0.0314. The smallest absolute Gasteiger partial charge is 0.253 e. The molecule has 0 saturated heterocycles. The van der Waals surface area contributed by atoms with Gasteiger partial charge < -0.3 is 10.3 Å². The average molecular weight is 248 g/mol. The van der Waals surface area contributed by atoms with E-state index in [2.05, 4.69) is 10.4 Å². The van der Waals surface area contributed by atoms with Gasteiger partial charge >= 0.3 is 0 Å². The van der Waals surface area contributed by atoms with Gasteiger partial charge in [0, 0.05) is 24.8 Å². The fourth-order valence-electron chi connectivity index (χ4n) is 2.23. The van der Waals surface area contributed by atoms with Crippen molar-refractivity contribution in [3.63, 3.8) is 0 Å². The summed E-state index contributed by atoms with van der Waals surface area (Å²) in [7, 11) is 1.85. The van der Waals surface area contributed by atoms with Crippen molar-refractivity contribution in [2.75, 3.05) is 19.0 Å². The number of hydrazine groups is 1. The van der Waals surface area contributed by atoms with Gasteiger partial charge in [-0.25, -0.2) is 10.8 Å². The van der Waals surface area contributed by atoms with E-state index in [0.717, 1.165) is 12.2 Å². The highest BCUT2D eigenvalue weighted by atomic mass is 16.2. The van der Waals surface area contributed by atoms with Crippen molar-refractivity contribution in [3.8, 4) is 0 Å². The van der Waals surface area contributed by atoms with Crippen LogP contribution in [0, 0.1) is 12.8 Å². The molecule has 1 aliphatic rings. The predicted molar refractivity (Wildman–Crippen MR) is 71.1 cm³/mol. The molecule has 0 spiro atoms. The van der Waals surface area contributed by atoms with Gasteiger partial charge in [0.15, 0.2) is 0 Å². The molecular formula is C13H20N4O. The number of nitrogens with zero attached hydrogens (tertiary/aromatic N) is 2. The molecule has 1 saturated carbocycles. The van der Waals surface area contributed by atoms with E-state index < -0.39 is 0 Å². The van der Waals surface area contributed by atoms with E-state index in [-0.39, 0.29) is 5.91 Å². The Morgan fingerprint density at radius 2 is 2.28 bits per heavy atom. The normalized spacial score (nSPS) is 15.1. The van der Waals surface area contributed by atoms with Crippen LogP contribution < -0.4 is 11.3 Å². The minimum Gasteiger partial charge on any atom is -0.341 e. The van der Waals surface area contributed by atoms with Crippen molar-refractivity contribution in [1.29, 1.82) is 0 Å². The fraction of sp³-hybridized carbons (Fsp3) is 0.538. The third kappa shape index (κ3) is 2.79. The second kappa shape index (κ2) is 5.35. The summed E-state index contributed by atoms with van der Waals surface area (Å²) in [6, 6.07) is 3.48. The van der Waals surface area contributed by atoms with Crippen LogP contribution in [-0.4, -0.2) is 29.4 Å². The van der Waals surface area contributed by atoms with E-state index >= 15 is 0 Å². The molecule has 0 radical (unpaired) electrons. The van der Waals surface area contributed by atoms with Crippen LogP contribution in [0.4, 0.5) is 5.82 Å². The second-order valence-electron chi connectivity index (χ2n) is 5.01. The van der Waals surface area contributed by atoms with Crippen molar-refractivity contribution in [1.82, 2.24) is 9.88 Å². The monoisotopic (exact) mass is 248 g/mol. The number of nitrogens with two attached hydrogens (primary N) is 1. The molecule has 1 aliphatic carbocycles. The van der Waals surface area contributed by atoms with E-state index in [1.54, 1.807) is 17.0 Å². The SMILES string of the molecule is Cc1cc(C(=O)N(C)CC2CCC2)cc(NN)n1. The lowest BCUT2D eigenvalue weighted by molar-refractivity contribution is 0.0745. The number of aromatic nitrogens is 1. The van der Waals surface area contributed by atoms with Crippen molar-refractivity contribution in [2.24, 2.45) is 11.8 Å². The maximum atomic E-state index is 12.3. The van der Waals surface area contributed by atoms with Crippen LogP contribution in [-0.2, 0) is 0 Å². The highest BCUT2D eigenvalue weighted by molar-refractivity contribution is 5.94. The molecule has 1 aromatic heterocycles. The van der Waals surface area contributed by atoms with Crippen molar-refractivity contribution in [3.05, 3.63) is 23.4 Å². The lowest BCUT2D eigenvalue weighted by atomic mass is 9.85. The topological polar surface area (TPSA) is 71.2 Å². The Hall–Kier alpha value is -1.62. The maximum Gasteiger partial charge on any atom is 0.253 e. The van der Waals surface area contributed by atoms with Crippen LogP contribution >= 0.6 is 0 Å². The number of hydrogen-bond donors (Lipinski definition) is 2.